The first-order chi connectivity index (χ1) is 11.9. The van der Waals surface area contributed by atoms with Gasteiger partial charge >= 0.3 is 0 Å². The molecule has 0 aromatic carbocycles. The lowest BCUT2D eigenvalue weighted by atomic mass is 10.1. The first kappa shape index (κ1) is 17.8. The summed E-state index contributed by atoms with van der Waals surface area (Å²) in [7, 11) is 0. The first-order valence-corrected chi connectivity index (χ1v) is 8.77. The van der Waals surface area contributed by atoms with E-state index in [1.165, 1.54) is 10.7 Å². The molecule has 0 saturated carbocycles. The van der Waals surface area contributed by atoms with E-state index in [4.69, 9.17) is 9.47 Å². The normalized spacial score (nSPS) is 12.9. The molecule has 3 rings (SSSR count). The molecule has 3 aromatic heterocycles. The third-order valence-electron chi connectivity index (χ3n) is 3.53. The number of pyridine rings is 1. The standard InChI is InChI=1S/C16H19BrFN5O2/c1-5-24-10(4)22-7-11(6-19-22)13-12(18)8-23-15(20-16(17)21-23)14(13)25-9(2)3/h6-10H,5H2,1-4H3. The molecule has 0 aliphatic heterocycles. The molecule has 0 spiro atoms. The predicted molar refractivity (Wildman–Crippen MR) is 94.0 cm³/mol. The molecule has 0 radical (unpaired) electrons. The third kappa shape index (κ3) is 3.52. The minimum absolute atomic E-state index is 0.155. The van der Waals surface area contributed by atoms with Crippen LogP contribution in [0.4, 0.5) is 4.39 Å². The Bertz CT molecular complexity index is 892. The van der Waals surface area contributed by atoms with Crippen LogP contribution in [0.25, 0.3) is 16.8 Å². The Morgan fingerprint density at radius 3 is 2.72 bits per heavy atom. The van der Waals surface area contributed by atoms with E-state index >= 15 is 0 Å². The molecule has 0 amide bonds. The molecule has 1 unspecified atom stereocenters. The quantitative estimate of drug-likeness (QED) is 0.616. The maximum Gasteiger partial charge on any atom is 0.218 e. The van der Waals surface area contributed by atoms with Crippen molar-refractivity contribution in [3.63, 3.8) is 0 Å². The van der Waals surface area contributed by atoms with Crippen LogP contribution in [-0.4, -0.2) is 37.1 Å². The molecule has 1 atom stereocenters. The van der Waals surface area contributed by atoms with Crippen molar-refractivity contribution in [1.82, 2.24) is 24.4 Å². The number of aromatic nitrogens is 5. The predicted octanol–water partition coefficient (Wildman–Crippen LogP) is 3.84. The van der Waals surface area contributed by atoms with Crippen LogP contribution in [0.15, 0.2) is 23.3 Å². The van der Waals surface area contributed by atoms with Gasteiger partial charge in [0.15, 0.2) is 17.2 Å². The Labute approximate surface area is 152 Å². The SMILES string of the molecule is CCOC(C)n1cc(-c2c(F)cn3nc(Br)nc3c2OC(C)C)cn1. The summed E-state index contributed by atoms with van der Waals surface area (Å²) >= 11 is 3.22. The minimum Gasteiger partial charge on any atom is -0.486 e. The molecule has 0 aliphatic rings. The Balaban J connectivity index is 2.16. The molecular formula is C16H19BrFN5O2. The van der Waals surface area contributed by atoms with Crippen LogP contribution in [0.5, 0.6) is 5.75 Å². The van der Waals surface area contributed by atoms with Crippen molar-refractivity contribution in [2.24, 2.45) is 0 Å². The highest BCUT2D eigenvalue weighted by molar-refractivity contribution is 9.10. The Kier molecular flexibility index (Phi) is 5.05. The highest BCUT2D eigenvalue weighted by Crippen LogP contribution is 2.36. The number of ether oxygens (including phenoxy) is 2. The average Bonchev–Trinajstić information content (AvgIpc) is 3.13. The lowest BCUT2D eigenvalue weighted by molar-refractivity contribution is 0.0160. The van der Waals surface area contributed by atoms with E-state index in [0.29, 0.717) is 33.9 Å². The van der Waals surface area contributed by atoms with Crippen molar-refractivity contribution in [2.45, 2.75) is 40.0 Å². The fraction of sp³-hybridized carbons (Fsp3) is 0.438. The minimum atomic E-state index is -0.468. The van der Waals surface area contributed by atoms with E-state index < -0.39 is 5.82 Å². The summed E-state index contributed by atoms with van der Waals surface area (Å²) in [5, 5.41) is 8.37. The van der Waals surface area contributed by atoms with Crippen LogP contribution >= 0.6 is 15.9 Å². The van der Waals surface area contributed by atoms with Gasteiger partial charge in [-0.1, -0.05) is 0 Å². The Morgan fingerprint density at radius 1 is 1.28 bits per heavy atom. The summed E-state index contributed by atoms with van der Waals surface area (Å²) < 4.78 is 29.6. The van der Waals surface area contributed by atoms with E-state index in [1.54, 1.807) is 17.1 Å². The lowest BCUT2D eigenvalue weighted by Gasteiger charge is -2.15. The second-order valence-electron chi connectivity index (χ2n) is 5.76. The fourth-order valence-electron chi connectivity index (χ4n) is 2.53. The maximum absolute atomic E-state index is 14.8. The molecule has 134 valence electrons. The van der Waals surface area contributed by atoms with Gasteiger partial charge in [0.05, 0.1) is 24.1 Å². The highest BCUT2D eigenvalue weighted by Gasteiger charge is 2.22. The van der Waals surface area contributed by atoms with E-state index in [9.17, 15) is 4.39 Å². The zero-order valence-electron chi connectivity index (χ0n) is 14.4. The van der Waals surface area contributed by atoms with Crippen molar-refractivity contribution < 1.29 is 13.9 Å². The zero-order chi connectivity index (χ0) is 18.1. The van der Waals surface area contributed by atoms with Gasteiger partial charge in [0.2, 0.25) is 4.73 Å². The van der Waals surface area contributed by atoms with E-state index in [-0.39, 0.29) is 12.3 Å². The summed E-state index contributed by atoms with van der Waals surface area (Å²) in [5.74, 6) is -0.138. The average molecular weight is 412 g/mol. The van der Waals surface area contributed by atoms with Gasteiger partial charge in [0, 0.05) is 18.4 Å². The second-order valence-corrected chi connectivity index (χ2v) is 6.47. The first-order valence-electron chi connectivity index (χ1n) is 7.97. The summed E-state index contributed by atoms with van der Waals surface area (Å²) in [4.78, 5) is 4.29. The molecule has 0 N–H and O–H groups in total. The summed E-state index contributed by atoms with van der Waals surface area (Å²) in [6, 6.07) is 0. The van der Waals surface area contributed by atoms with Gasteiger partial charge in [0.25, 0.3) is 0 Å². The molecule has 7 nitrogen and oxygen atoms in total. The van der Waals surface area contributed by atoms with Gasteiger partial charge in [0.1, 0.15) is 6.23 Å². The molecule has 0 bridgehead atoms. The van der Waals surface area contributed by atoms with Crippen LogP contribution in [0, 0.1) is 5.82 Å². The van der Waals surface area contributed by atoms with Gasteiger partial charge in [-0.25, -0.2) is 13.6 Å². The van der Waals surface area contributed by atoms with Crippen molar-refractivity contribution in [1.29, 1.82) is 0 Å². The van der Waals surface area contributed by atoms with Crippen LogP contribution < -0.4 is 4.74 Å². The monoisotopic (exact) mass is 411 g/mol. The fourth-order valence-corrected chi connectivity index (χ4v) is 2.87. The number of fused-ring (bicyclic) bond motifs is 1. The molecule has 3 aromatic rings. The van der Waals surface area contributed by atoms with E-state index in [1.807, 2.05) is 27.7 Å². The molecular weight excluding hydrogens is 393 g/mol. The van der Waals surface area contributed by atoms with Crippen molar-refractivity contribution >= 4 is 21.6 Å². The number of hydrogen-bond donors (Lipinski definition) is 0. The highest BCUT2D eigenvalue weighted by atomic mass is 79.9. The van der Waals surface area contributed by atoms with Crippen molar-refractivity contribution in [2.75, 3.05) is 6.61 Å². The maximum atomic E-state index is 14.8. The largest absolute Gasteiger partial charge is 0.486 e. The second kappa shape index (κ2) is 7.09. The van der Waals surface area contributed by atoms with Crippen LogP contribution in [0.1, 0.15) is 33.9 Å². The van der Waals surface area contributed by atoms with Crippen LogP contribution in [-0.2, 0) is 4.74 Å². The number of nitrogens with zero attached hydrogens (tertiary/aromatic N) is 5. The topological polar surface area (TPSA) is 66.5 Å². The number of hydrogen-bond acceptors (Lipinski definition) is 5. The summed E-state index contributed by atoms with van der Waals surface area (Å²) in [6.45, 7) is 8.09. The van der Waals surface area contributed by atoms with Gasteiger partial charge in [-0.2, -0.15) is 10.1 Å². The summed E-state index contributed by atoms with van der Waals surface area (Å²) in [5.41, 5.74) is 1.32. The molecule has 0 saturated heterocycles. The van der Waals surface area contributed by atoms with Crippen LogP contribution in [0.3, 0.4) is 0 Å². The van der Waals surface area contributed by atoms with Crippen molar-refractivity contribution in [3.05, 3.63) is 29.1 Å². The third-order valence-corrected chi connectivity index (χ3v) is 3.87. The van der Waals surface area contributed by atoms with E-state index in [0.717, 1.165) is 0 Å². The molecule has 0 aliphatic carbocycles. The van der Waals surface area contributed by atoms with Gasteiger partial charge in [-0.15, -0.1) is 5.10 Å². The van der Waals surface area contributed by atoms with Crippen molar-refractivity contribution in [3.8, 4) is 16.9 Å². The molecule has 3 heterocycles. The molecule has 9 heteroatoms. The smallest absolute Gasteiger partial charge is 0.218 e. The Morgan fingerprint density at radius 2 is 2.04 bits per heavy atom. The van der Waals surface area contributed by atoms with Gasteiger partial charge in [-0.05, 0) is 43.6 Å². The van der Waals surface area contributed by atoms with E-state index in [2.05, 4.69) is 31.1 Å². The van der Waals surface area contributed by atoms with Crippen LogP contribution in [0.2, 0.25) is 0 Å². The summed E-state index contributed by atoms with van der Waals surface area (Å²) in [6.07, 6.45) is 4.19. The molecule has 25 heavy (non-hydrogen) atoms. The van der Waals surface area contributed by atoms with Gasteiger partial charge < -0.3 is 9.47 Å². The van der Waals surface area contributed by atoms with Gasteiger partial charge in [-0.3, -0.25) is 0 Å². The number of rotatable bonds is 6. The zero-order valence-corrected chi connectivity index (χ0v) is 16.0. The number of halogens is 2. The lowest BCUT2D eigenvalue weighted by Crippen LogP contribution is -2.10. The molecule has 0 fully saturated rings. The Hall–Kier alpha value is -2.00.